The highest BCUT2D eigenvalue weighted by atomic mass is 16.3. The van der Waals surface area contributed by atoms with Crippen LogP contribution in [-0.2, 0) is 0 Å². The second kappa shape index (κ2) is 10.6. The summed E-state index contributed by atoms with van der Waals surface area (Å²) >= 11 is 0. The van der Waals surface area contributed by atoms with Crippen molar-refractivity contribution in [2.45, 2.75) is 65.4 Å². The van der Waals surface area contributed by atoms with Gasteiger partial charge < -0.3 is 5.11 Å². The molecule has 0 saturated carbocycles. The van der Waals surface area contributed by atoms with Gasteiger partial charge in [0.1, 0.15) is 0 Å². The Kier molecular flexibility index (Phi) is 9.84. The second-order valence-electron chi connectivity index (χ2n) is 5.24. The van der Waals surface area contributed by atoms with Gasteiger partial charge in [-0.1, -0.05) is 35.5 Å². The van der Waals surface area contributed by atoms with Crippen LogP contribution in [0, 0.1) is 11.3 Å². The Morgan fingerprint density at radius 3 is 2.32 bits per heavy atom. The zero-order valence-corrected chi connectivity index (χ0v) is 12.6. The van der Waals surface area contributed by atoms with Crippen molar-refractivity contribution in [3.05, 3.63) is 35.5 Å². The van der Waals surface area contributed by atoms with Crippen molar-refractivity contribution in [1.29, 1.82) is 5.26 Å². The van der Waals surface area contributed by atoms with E-state index < -0.39 is 0 Å². The quantitative estimate of drug-likeness (QED) is 0.484. The summed E-state index contributed by atoms with van der Waals surface area (Å²) in [5, 5.41) is 18.1. The number of aliphatic hydroxyl groups excluding tert-OH is 1. The molecule has 19 heavy (non-hydrogen) atoms. The van der Waals surface area contributed by atoms with Gasteiger partial charge in [0.05, 0.1) is 12.2 Å². The highest BCUT2D eigenvalue weighted by molar-refractivity contribution is 5.05. The summed E-state index contributed by atoms with van der Waals surface area (Å²) in [5.74, 6) is 0. The van der Waals surface area contributed by atoms with Gasteiger partial charge in [0.25, 0.3) is 0 Å². The average molecular weight is 261 g/mol. The Hall–Kier alpha value is -1.33. The molecule has 0 aliphatic heterocycles. The standard InChI is InChI=1S/C17H27NO/c1-14(2)17(19)12-11-16(4)10-7-9-15(3)8-5-6-13-18/h8,10,17,19H,1,5-7,9,11-12H2,2-4H3/b15-8+,16-10?. The SMILES string of the molecule is C=C(C)C(O)CCC(C)=CCC/C(C)=C/CCC#N. The molecule has 0 spiro atoms. The molecule has 1 N–H and O–H groups in total. The molecular formula is C17H27NO. The largest absolute Gasteiger partial charge is 0.389 e. The lowest BCUT2D eigenvalue weighted by molar-refractivity contribution is 0.201. The first kappa shape index (κ1) is 17.7. The van der Waals surface area contributed by atoms with Crippen molar-refractivity contribution in [3.8, 4) is 6.07 Å². The van der Waals surface area contributed by atoms with Crippen molar-refractivity contribution in [3.63, 3.8) is 0 Å². The number of rotatable bonds is 9. The van der Waals surface area contributed by atoms with E-state index in [1.165, 1.54) is 11.1 Å². The van der Waals surface area contributed by atoms with E-state index in [4.69, 9.17) is 5.26 Å². The molecule has 0 heterocycles. The predicted molar refractivity (Wildman–Crippen MR) is 81.6 cm³/mol. The minimum atomic E-state index is -0.379. The summed E-state index contributed by atoms with van der Waals surface area (Å²) in [6.07, 6.45) is 9.23. The molecule has 1 unspecified atom stereocenters. The van der Waals surface area contributed by atoms with Crippen molar-refractivity contribution in [1.82, 2.24) is 0 Å². The zero-order valence-electron chi connectivity index (χ0n) is 12.6. The van der Waals surface area contributed by atoms with Gasteiger partial charge in [-0.25, -0.2) is 0 Å². The third-order valence-corrected chi connectivity index (χ3v) is 3.16. The molecule has 0 rings (SSSR count). The number of allylic oxidation sites excluding steroid dienone is 4. The van der Waals surface area contributed by atoms with E-state index in [2.05, 4.69) is 38.6 Å². The van der Waals surface area contributed by atoms with Gasteiger partial charge in [-0.15, -0.1) is 0 Å². The van der Waals surface area contributed by atoms with E-state index in [0.717, 1.165) is 37.7 Å². The summed E-state index contributed by atoms with van der Waals surface area (Å²) in [5.41, 5.74) is 3.51. The smallest absolute Gasteiger partial charge is 0.0747 e. The van der Waals surface area contributed by atoms with Crippen LogP contribution in [0.1, 0.15) is 59.3 Å². The molecule has 0 aromatic heterocycles. The summed E-state index contributed by atoms with van der Waals surface area (Å²) in [7, 11) is 0. The van der Waals surface area contributed by atoms with Crippen LogP contribution >= 0.6 is 0 Å². The molecule has 1 atom stereocenters. The fourth-order valence-corrected chi connectivity index (χ4v) is 1.74. The molecule has 0 radical (unpaired) electrons. The van der Waals surface area contributed by atoms with Crippen LogP contribution in [0.4, 0.5) is 0 Å². The summed E-state index contributed by atoms with van der Waals surface area (Å²) in [4.78, 5) is 0. The van der Waals surface area contributed by atoms with Gasteiger partial charge >= 0.3 is 0 Å². The maximum Gasteiger partial charge on any atom is 0.0747 e. The third kappa shape index (κ3) is 10.3. The van der Waals surface area contributed by atoms with Crippen molar-refractivity contribution in [2.24, 2.45) is 0 Å². The average Bonchev–Trinajstić information content (AvgIpc) is 2.36. The molecule has 0 aromatic carbocycles. The Labute approximate surface area is 118 Å². The van der Waals surface area contributed by atoms with E-state index in [1.54, 1.807) is 0 Å². The van der Waals surface area contributed by atoms with Crippen molar-refractivity contribution >= 4 is 0 Å². The summed E-state index contributed by atoms with van der Waals surface area (Å²) < 4.78 is 0. The van der Waals surface area contributed by atoms with E-state index in [-0.39, 0.29) is 6.10 Å². The number of nitriles is 1. The minimum Gasteiger partial charge on any atom is -0.389 e. The lowest BCUT2D eigenvalue weighted by Crippen LogP contribution is -2.06. The van der Waals surface area contributed by atoms with Gasteiger partial charge in [0.15, 0.2) is 0 Å². The van der Waals surface area contributed by atoms with Gasteiger partial charge in [-0.3, -0.25) is 0 Å². The van der Waals surface area contributed by atoms with E-state index in [0.29, 0.717) is 6.42 Å². The van der Waals surface area contributed by atoms with Crippen LogP contribution in [0.15, 0.2) is 35.5 Å². The first-order valence-corrected chi connectivity index (χ1v) is 6.99. The first-order valence-electron chi connectivity index (χ1n) is 6.99. The lowest BCUT2D eigenvalue weighted by atomic mass is 10.0. The van der Waals surface area contributed by atoms with Crippen LogP contribution in [0.3, 0.4) is 0 Å². The van der Waals surface area contributed by atoms with E-state index in [9.17, 15) is 5.11 Å². The maximum atomic E-state index is 9.65. The second-order valence-corrected chi connectivity index (χ2v) is 5.24. The number of aliphatic hydroxyl groups is 1. The van der Waals surface area contributed by atoms with E-state index >= 15 is 0 Å². The molecule has 0 aliphatic rings. The summed E-state index contributed by atoms with van der Waals surface area (Å²) in [6, 6.07) is 2.15. The Morgan fingerprint density at radius 1 is 1.16 bits per heavy atom. The minimum absolute atomic E-state index is 0.379. The van der Waals surface area contributed by atoms with E-state index in [1.807, 2.05) is 6.92 Å². The number of unbranched alkanes of at least 4 members (excludes halogenated alkanes) is 1. The normalized spacial score (nSPS) is 14.1. The number of hydrogen-bond acceptors (Lipinski definition) is 2. The lowest BCUT2D eigenvalue weighted by Gasteiger charge is -2.09. The zero-order chi connectivity index (χ0) is 14.7. The van der Waals surface area contributed by atoms with Crippen molar-refractivity contribution in [2.75, 3.05) is 0 Å². The fraction of sp³-hybridized carbons (Fsp3) is 0.588. The molecule has 2 heteroatoms. The molecule has 0 aliphatic carbocycles. The Balaban J connectivity index is 3.90. The molecule has 106 valence electrons. The van der Waals surface area contributed by atoms with Crippen LogP contribution < -0.4 is 0 Å². The molecule has 2 nitrogen and oxygen atoms in total. The van der Waals surface area contributed by atoms with Crippen molar-refractivity contribution < 1.29 is 5.11 Å². The molecule has 0 bridgehead atoms. The highest BCUT2D eigenvalue weighted by Gasteiger charge is 2.03. The molecule has 0 amide bonds. The van der Waals surface area contributed by atoms with Crippen LogP contribution in [0.2, 0.25) is 0 Å². The van der Waals surface area contributed by atoms with Crippen LogP contribution in [-0.4, -0.2) is 11.2 Å². The molecule has 0 aromatic rings. The highest BCUT2D eigenvalue weighted by Crippen LogP contribution is 2.14. The van der Waals surface area contributed by atoms with Gasteiger partial charge in [-0.05, 0) is 52.9 Å². The monoisotopic (exact) mass is 261 g/mol. The molecule has 0 saturated heterocycles. The predicted octanol–water partition coefficient (Wildman–Crippen LogP) is 4.68. The van der Waals surface area contributed by atoms with Gasteiger partial charge in [-0.2, -0.15) is 5.26 Å². The number of hydrogen-bond donors (Lipinski definition) is 1. The maximum absolute atomic E-state index is 9.65. The van der Waals surface area contributed by atoms with Crippen LogP contribution in [0.5, 0.6) is 0 Å². The summed E-state index contributed by atoms with van der Waals surface area (Å²) in [6.45, 7) is 9.84. The van der Waals surface area contributed by atoms with Crippen LogP contribution in [0.25, 0.3) is 0 Å². The van der Waals surface area contributed by atoms with Gasteiger partial charge in [0, 0.05) is 6.42 Å². The Bertz CT molecular complexity index is 371. The fourth-order valence-electron chi connectivity index (χ4n) is 1.74. The van der Waals surface area contributed by atoms with Gasteiger partial charge in [0.2, 0.25) is 0 Å². The molecule has 0 fully saturated rings. The number of nitrogens with zero attached hydrogens (tertiary/aromatic N) is 1. The molecular weight excluding hydrogens is 234 g/mol. The Morgan fingerprint density at radius 2 is 1.74 bits per heavy atom. The topological polar surface area (TPSA) is 44.0 Å². The third-order valence-electron chi connectivity index (χ3n) is 3.16. The first-order chi connectivity index (χ1) is 8.97.